The Morgan fingerprint density at radius 2 is 1.71 bits per heavy atom. The fraction of sp³-hybridized carbons (Fsp3) is 0.235. The molecular formula is C17H18ClNO4S. The molecule has 0 fully saturated rings. The summed E-state index contributed by atoms with van der Waals surface area (Å²) in [6.07, 6.45) is 0. The van der Waals surface area contributed by atoms with Crippen LogP contribution in [0.25, 0.3) is 0 Å². The molecule has 0 atom stereocenters. The minimum Gasteiger partial charge on any atom is -0.497 e. The summed E-state index contributed by atoms with van der Waals surface area (Å²) < 4.78 is 15.5. The molecule has 5 nitrogen and oxygen atoms in total. The van der Waals surface area contributed by atoms with Gasteiger partial charge in [-0.05, 0) is 24.3 Å². The van der Waals surface area contributed by atoms with Gasteiger partial charge in [0.05, 0.1) is 37.8 Å². The van der Waals surface area contributed by atoms with Gasteiger partial charge < -0.3 is 19.5 Å². The normalized spacial score (nSPS) is 10.2. The summed E-state index contributed by atoms with van der Waals surface area (Å²) >= 11 is 7.48. The standard InChI is InChI=1S/C17H18ClNO4S/c1-21-11-4-6-12(7-5-11)24-10-17(20)19-14-9-15(22-2)13(18)8-16(14)23-3/h4-9H,10H2,1-3H3,(H,19,20). The Labute approximate surface area is 150 Å². The van der Waals surface area contributed by atoms with Gasteiger partial charge in [0.15, 0.2) is 0 Å². The molecule has 0 unspecified atom stereocenters. The van der Waals surface area contributed by atoms with Crippen LogP contribution in [0.2, 0.25) is 5.02 Å². The van der Waals surface area contributed by atoms with Gasteiger partial charge in [-0.3, -0.25) is 4.79 Å². The first-order chi connectivity index (χ1) is 11.6. The number of hydrogen-bond donors (Lipinski definition) is 1. The first kappa shape index (κ1) is 18.3. The van der Waals surface area contributed by atoms with Crippen LogP contribution in [-0.4, -0.2) is 33.0 Å². The Hall–Kier alpha value is -2.05. The second-order valence-electron chi connectivity index (χ2n) is 4.70. The largest absolute Gasteiger partial charge is 0.497 e. The van der Waals surface area contributed by atoms with Crippen LogP contribution in [0, 0.1) is 0 Å². The van der Waals surface area contributed by atoms with E-state index in [4.69, 9.17) is 25.8 Å². The van der Waals surface area contributed by atoms with Gasteiger partial charge in [0, 0.05) is 17.0 Å². The van der Waals surface area contributed by atoms with Crippen molar-refractivity contribution in [1.29, 1.82) is 0 Å². The molecule has 7 heteroatoms. The third-order valence-corrected chi connectivity index (χ3v) is 4.48. The van der Waals surface area contributed by atoms with Crippen LogP contribution in [0.4, 0.5) is 5.69 Å². The summed E-state index contributed by atoms with van der Waals surface area (Å²) in [5.41, 5.74) is 0.513. The highest BCUT2D eigenvalue weighted by Gasteiger charge is 2.13. The molecule has 24 heavy (non-hydrogen) atoms. The molecule has 0 saturated carbocycles. The number of benzene rings is 2. The maximum absolute atomic E-state index is 12.2. The lowest BCUT2D eigenvalue weighted by molar-refractivity contribution is -0.113. The van der Waals surface area contributed by atoms with Crippen LogP contribution in [-0.2, 0) is 4.79 Å². The van der Waals surface area contributed by atoms with Crippen molar-refractivity contribution in [2.75, 3.05) is 32.4 Å². The number of methoxy groups -OCH3 is 3. The van der Waals surface area contributed by atoms with E-state index in [0.29, 0.717) is 22.2 Å². The summed E-state index contributed by atoms with van der Waals surface area (Å²) in [6.45, 7) is 0. The second-order valence-corrected chi connectivity index (χ2v) is 6.16. The molecule has 2 rings (SSSR count). The predicted molar refractivity (Wildman–Crippen MR) is 96.9 cm³/mol. The molecule has 0 heterocycles. The number of ether oxygens (including phenoxy) is 3. The zero-order valence-electron chi connectivity index (χ0n) is 13.6. The maximum atomic E-state index is 12.2. The lowest BCUT2D eigenvalue weighted by atomic mass is 10.2. The average molecular weight is 368 g/mol. The Kier molecular flexibility index (Phi) is 6.63. The Bertz CT molecular complexity index is 706. The Morgan fingerprint density at radius 3 is 2.29 bits per heavy atom. The number of carbonyl (C=O) groups excluding carboxylic acids is 1. The van der Waals surface area contributed by atoms with E-state index in [2.05, 4.69) is 5.32 Å². The van der Waals surface area contributed by atoms with Crippen molar-refractivity contribution in [3.63, 3.8) is 0 Å². The van der Waals surface area contributed by atoms with E-state index in [1.54, 1.807) is 19.2 Å². The number of rotatable bonds is 7. The van der Waals surface area contributed by atoms with Gasteiger partial charge in [-0.2, -0.15) is 0 Å². The van der Waals surface area contributed by atoms with E-state index in [9.17, 15) is 4.79 Å². The second kappa shape index (κ2) is 8.70. The van der Waals surface area contributed by atoms with Crippen molar-refractivity contribution < 1.29 is 19.0 Å². The minimum absolute atomic E-state index is 0.154. The SMILES string of the molecule is COc1ccc(SCC(=O)Nc2cc(OC)c(Cl)cc2OC)cc1. The highest BCUT2D eigenvalue weighted by molar-refractivity contribution is 8.00. The van der Waals surface area contributed by atoms with Crippen molar-refractivity contribution in [3.05, 3.63) is 41.4 Å². The first-order valence-corrected chi connectivity index (χ1v) is 8.42. The van der Waals surface area contributed by atoms with E-state index in [0.717, 1.165) is 10.6 Å². The van der Waals surface area contributed by atoms with Crippen molar-refractivity contribution in [2.24, 2.45) is 0 Å². The molecule has 1 N–H and O–H groups in total. The van der Waals surface area contributed by atoms with E-state index < -0.39 is 0 Å². The van der Waals surface area contributed by atoms with Crippen LogP contribution in [0.5, 0.6) is 17.2 Å². The van der Waals surface area contributed by atoms with Crippen molar-refractivity contribution >= 4 is 35.0 Å². The molecule has 0 radical (unpaired) electrons. The smallest absolute Gasteiger partial charge is 0.234 e. The summed E-state index contributed by atoms with van der Waals surface area (Å²) in [7, 11) is 4.64. The van der Waals surface area contributed by atoms with Gasteiger partial charge in [0.25, 0.3) is 0 Å². The lowest BCUT2D eigenvalue weighted by Crippen LogP contribution is -2.14. The van der Waals surface area contributed by atoms with Gasteiger partial charge in [0.2, 0.25) is 5.91 Å². The highest BCUT2D eigenvalue weighted by Crippen LogP contribution is 2.36. The number of hydrogen-bond acceptors (Lipinski definition) is 5. The molecule has 0 saturated heterocycles. The fourth-order valence-corrected chi connectivity index (χ4v) is 2.89. The van der Waals surface area contributed by atoms with E-state index in [1.165, 1.54) is 26.0 Å². The number of thioether (sulfide) groups is 1. The van der Waals surface area contributed by atoms with Gasteiger partial charge in [-0.25, -0.2) is 0 Å². The molecule has 0 aliphatic carbocycles. The summed E-state index contributed by atoms with van der Waals surface area (Å²) in [5, 5.41) is 3.22. The molecule has 2 aromatic rings. The van der Waals surface area contributed by atoms with Gasteiger partial charge >= 0.3 is 0 Å². The molecule has 0 bridgehead atoms. The summed E-state index contributed by atoms with van der Waals surface area (Å²) in [4.78, 5) is 13.2. The molecule has 0 spiro atoms. The molecule has 0 aliphatic rings. The minimum atomic E-state index is -0.154. The van der Waals surface area contributed by atoms with Gasteiger partial charge in [-0.15, -0.1) is 11.8 Å². The molecule has 0 aliphatic heterocycles. The molecule has 2 aromatic carbocycles. The van der Waals surface area contributed by atoms with Crippen LogP contribution < -0.4 is 19.5 Å². The number of nitrogens with one attached hydrogen (secondary N) is 1. The molecule has 128 valence electrons. The predicted octanol–water partition coefficient (Wildman–Crippen LogP) is 4.10. The topological polar surface area (TPSA) is 56.8 Å². The third-order valence-electron chi connectivity index (χ3n) is 3.18. The number of amides is 1. The van der Waals surface area contributed by atoms with E-state index in [1.807, 2.05) is 24.3 Å². The van der Waals surface area contributed by atoms with Gasteiger partial charge in [-0.1, -0.05) is 11.6 Å². The summed E-state index contributed by atoms with van der Waals surface area (Å²) in [5.74, 6) is 1.83. The Balaban J connectivity index is 2.01. The number of carbonyl (C=O) groups is 1. The zero-order chi connectivity index (χ0) is 17.5. The lowest BCUT2D eigenvalue weighted by Gasteiger charge is -2.13. The van der Waals surface area contributed by atoms with Crippen LogP contribution in [0.15, 0.2) is 41.3 Å². The van der Waals surface area contributed by atoms with Crippen molar-refractivity contribution in [3.8, 4) is 17.2 Å². The number of anilines is 1. The highest BCUT2D eigenvalue weighted by atomic mass is 35.5. The van der Waals surface area contributed by atoms with Crippen LogP contribution in [0.3, 0.4) is 0 Å². The zero-order valence-corrected chi connectivity index (χ0v) is 15.2. The molecular weight excluding hydrogens is 350 g/mol. The van der Waals surface area contributed by atoms with E-state index in [-0.39, 0.29) is 11.7 Å². The monoisotopic (exact) mass is 367 g/mol. The third kappa shape index (κ3) is 4.72. The average Bonchev–Trinajstić information content (AvgIpc) is 2.61. The summed E-state index contributed by atoms with van der Waals surface area (Å²) in [6, 6.07) is 10.8. The van der Waals surface area contributed by atoms with E-state index >= 15 is 0 Å². The number of halogens is 1. The van der Waals surface area contributed by atoms with Crippen LogP contribution >= 0.6 is 23.4 Å². The van der Waals surface area contributed by atoms with Gasteiger partial charge in [0.1, 0.15) is 17.2 Å². The Morgan fingerprint density at radius 1 is 1.04 bits per heavy atom. The van der Waals surface area contributed by atoms with Crippen LogP contribution in [0.1, 0.15) is 0 Å². The first-order valence-electron chi connectivity index (χ1n) is 7.05. The van der Waals surface area contributed by atoms with Crippen molar-refractivity contribution in [2.45, 2.75) is 4.90 Å². The fourth-order valence-electron chi connectivity index (χ4n) is 1.97. The molecule has 0 aromatic heterocycles. The maximum Gasteiger partial charge on any atom is 0.234 e. The molecule has 1 amide bonds. The van der Waals surface area contributed by atoms with Crippen molar-refractivity contribution in [1.82, 2.24) is 0 Å². The quantitative estimate of drug-likeness (QED) is 0.747.